The molecule has 7 heteroatoms. The number of benzene rings is 2. The Morgan fingerprint density at radius 1 is 1.13 bits per heavy atom. The van der Waals surface area contributed by atoms with E-state index in [0.29, 0.717) is 11.3 Å². The van der Waals surface area contributed by atoms with Crippen molar-refractivity contribution < 1.29 is 22.3 Å². The Morgan fingerprint density at radius 2 is 1.78 bits per heavy atom. The van der Waals surface area contributed by atoms with Crippen LogP contribution in [0.2, 0.25) is 0 Å². The van der Waals surface area contributed by atoms with Crippen molar-refractivity contribution in [3.63, 3.8) is 0 Å². The topological polar surface area (TPSA) is 72.5 Å². The molecule has 0 saturated heterocycles. The molecule has 1 N–H and O–H groups in total. The number of nitrogens with one attached hydrogen (secondary N) is 1. The number of ether oxygens (including phenoxy) is 1. The van der Waals surface area contributed by atoms with Gasteiger partial charge < -0.3 is 4.74 Å². The molecule has 0 atom stereocenters. The monoisotopic (exact) mass is 337 g/mol. The molecule has 0 aromatic heterocycles. The average molecular weight is 337 g/mol. The summed E-state index contributed by atoms with van der Waals surface area (Å²) in [7, 11) is -3.67. The van der Waals surface area contributed by atoms with Gasteiger partial charge in [0.1, 0.15) is 23.9 Å². The quantitative estimate of drug-likeness (QED) is 0.789. The van der Waals surface area contributed by atoms with Crippen molar-refractivity contribution in [1.82, 2.24) is 0 Å². The largest absolute Gasteiger partial charge is 0.492 e. The van der Waals surface area contributed by atoms with Crippen molar-refractivity contribution >= 4 is 21.5 Å². The number of ketones is 1. The molecule has 0 radical (unpaired) electrons. The number of sulfonamides is 1. The zero-order valence-electron chi connectivity index (χ0n) is 12.5. The highest BCUT2D eigenvalue weighted by atomic mass is 32.2. The first-order valence-electron chi connectivity index (χ1n) is 6.86. The lowest BCUT2D eigenvalue weighted by atomic mass is 10.1. The maximum Gasteiger partial charge on any atom is 0.236 e. The number of hydrogen-bond donors (Lipinski definition) is 1. The van der Waals surface area contributed by atoms with Crippen LogP contribution in [0.4, 0.5) is 10.1 Å². The molecule has 0 spiro atoms. The second-order valence-electron chi connectivity index (χ2n) is 4.83. The minimum absolute atomic E-state index is 0.0940. The molecule has 23 heavy (non-hydrogen) atoms. The van der Waals surface area contributed by atoms with E-state index in [-0.39, 0.29) is 23.8 Å². The molecule has 0 unspecified atom stereocenters. The predicted molar refractivity (Wildman–Crippen MR) is 85.8 cm³/mol. The van der Waals surface area contributed by atoms with Gasteiger partial charge in [-0.05, 0) is 43.3 Å². The van der Waals surface area contributed by atoms with Crippen LogP contribution in [0.5, 0.6) is 5.75 Å². The molecule has 2 aromatic rings. The van der Waals surface area contributed by atoms with Crippen LogP contribution in [0.1, 0.15) is 17.3 Å². The summed E-state index contributed by atoms with van der Waals surface area (Å²) in [5.41, 5.74) is 0.539. The van der Waals surface area contributed by atoms with Crippen LogP contribution in [-0.2, 0) is 10.0 Å². The maximum absolute atomic E-state index is 12.8. The SMILES string of the molecule is CC(=O)c1ccccc1NS(=O)(=O)CCOc1ccc(F)cc1. The number of carbonyl (C=O) groups excluding carboxylic acids is 1. The zero-order chi connectivity index (χ0) is 16.9. The Morgan fingerprint density at radius 3 is 2.43 bits per heavy atom. The molecular formula is C16H16FNO4S. The van der Waals surface area contributed by atoms with Gasteiger partial charge in [-0.25, -0.2) is 12.8 Å². The van der Waals surface area contributed by atoms with E-state index in [2.05, 4.69) is 4.72 Å². The molecule has 122 valence electrons. The Labute approximate surface area is 134 Å². The number of para-hydroxylation sites is 1. The van der Waals surface area contributed by atoms with Gasteiger partial charge in [0.05, 0.1) is 5.69 Å². The Bertz CT molecular complexity index is 788. The summed E-state index contributed by atoms with van der Waals surface area (Å²) >= 11 is 0. The van der Waals surface area contributed by atoms with Gasteiger partial charge in [0.2, 0.25) is 10.0 Å². The lowest BCUT2D eigenvalue weighted by Crippen LogP contribution is -2.22. The van der Waals surface area contributed by atoms with E-state index < -0.39 is 15.8 Å². The fraction of sp³-hybridized carbons (Fsp3) is 0.188. The number of rotatable bonds is 7. The van der Waals surface area contributed by atoms with Gasteiger partial charge in [-0.1, -0.05) is 12.1 Å². The van der Waals surface area contributed by atoms with Gasteiger partial charge in [0.15, 0.2) is 5.78 Å². The predicted octanol–water partition coefficient (Wildman–Crippen LogP) is 2.85. The standard InChI is InChI=1S/C16H16FNO4S/c1-12(19)15-4-2-3-5-16(15)18-23(20,21)11-10-22-14-8-6-13(17)7-9-14/h2-9,18H,10-11H2,1H3. The van der Waals surface area contributed by atoms with Crippen molar-refractivity contribution in [2.75, 3.05) is 17.1 Å². The first kappa shape index (κ1) is 17.0. The fourth-order valence-electron chi connectivity index (χ4n) is 1.90. The summed E-state index contributed by atoms with van der Waals surface area (Å²) in [6.07, 6.45) is 0. The summed E-state index contributed by atoms with van der Waals surface area (Å²) < 4.78 is 44.5. The molecule has 0 heterocycles. The highest BCUT2D eigenvalue weighted by Gasteiger charge is 2.14. The van der Waals surface area contributed by atoms with E-state index in [1.165, 1.54) is 37.3 Å². The first-order valence-corrected chi connectivity index (χ1v) is 8.51. The van der Waals surface area contributed by atoms with Crippen LogP contribution >= 0.6 is 0 Å². The second-order valence-corrected chi connectivity index (χ2v) is 6.67. The summed E-state index contributed by atoms with van der Waals surface area (Å²) in [4.78, 5) is 11.5. The Hall–Kier alpha value is -2.41. The lowest BCUT2D eigenvalue weighted by molar-refractivity contribution is 0.101. The van der Waals surface area contributed by atoms with Gasteiger partial charge in [0.25, 0.3) is 0 Å². The molecular weight excluding hydrogens is 321 g/mol. The van der Waals surface area contributed by atoms with Gasteiger partial charge >= 0.3 is 0 Å². The van der Waals surface area contributed by atoms with Crippen molar-refractivity contribution in [3.8, 4) is 5.75 Å². The highest BCUT2D eigenvalue weighted by Crippen LogP contribution is 2.17. The van der Waals surface area contributed by atoms with Crippen molar-refractivity contribution in [3.05, 3.63) is 59.9 Å². The lowest BCUT2D eigenvalue weighted by Gasteiger charge is -2.11. The second kappa shape index (κ2) is 7.23. The number of Topliss-reactive ketones (excluding diaryl/α,β-unsaturated/α-hetero) is 1. The minimum atomic E-state index is -3.67. The molecule has 2 rings (SSSR count). The molecule has 0 saturated carbocycles. The Balaban J connectivity index is 1.97. The van der Waals surface area contributed by atoms with E-state index in [1.54, 1.807) is 18.2 Å². The number of anilines is 1. The van der Waals surface area contributed by atoms with Crippen molar-refractivity contribution in [1.29, 1.82) is 0 Å². The normalized spacial score (nSPS) is 11.0. The van der Waals surface area contributed by atoms with Gasteiger partial charge in [-0.15, -0.1) is 0 Å². The van der Waals surface area contributed by atoms with Crippen LogP contribution < -0.4 is 9.46 Å². The molecule has 5 nitrogen and oxygen atoms in total. The number of carbonyl (C=O) groups is 1. The van der Waals surface area contributed by atoms with Crippen LogP contribution in [0.3, 0.4) is 0 Å². The van der Waals surface area contributed by atoms with E-state index in [4.69, 9.17) is 4.74 Å². The van der Waals surface area contributed by atoms with E-state index in [1.807, 2.05) is 0 Å². The summed E-state index contributed by atoms with van der Waals surface area (Å²) in [6.45, 7) is 1.27. The highest BCUT2D eigenvalue weighted by molar-refractivity contribution is 7.92. The molecule has 0 bridgehead atoms. The van der Waals surface area contributed by atoms with E-state index in [0.717, 1.165) is 0 Å². The molecule has 2 aromatic carbocycles. The number of hydrogen-bond acceptors (Lipinski definition) is 4. The van der Waals surface area contributed by atoms with E-state index in [9.17, 15) is 17.6 Å². The van der Waals surface area contributed by atoms with Gasteiger partial charge in [-0.3, -0.25) is 9.52 Å². The van der Waals surface area contributed by atoms with Crippen molar-refractivity contribution in [2.24, 2.45) is 0 Å². The summed E-state index contributed by atoms with van der Waals surface area (Å²) in [5, 5.41) is 0. The van der Waals surface area contributed by atoms with Gasteiger partial charge in [0, 0.05) is 5.56 Å². The molecule has 0 aliphatic rings. The average Bonchev–Trinajstić information content (AvgIpc) is 2.49. The first-order chi connectivity index (χ1) is 10.9. The van der Waals surface area contributed by atoms with Crippen LogP contribution in [0, 0.1) is 5.82 Å². The molecule has 0 aliphatic carbocycles. The zero-order valence-corrected chi connectivity index (χ0v) is 13.3. The maximum atomic E-state index is 12.8. The van der Waals surface area contributed by atoms with Crippen molar-refractivity contribution in [2.45, 2.75) is 6.92 Å². The summed E-state index contributed by atoms with van der Waals surface area (Å²) in [5.74, 6) is -0.541. The minimum Gasteiger partial charge on any atom is -0.492 e. The van der Waals surface area contributed by atoms with Crippen LogP contribution in [-0.4, -0.2) is 26.6 Å². The molecule has 0 aliphatic heterocycles. The smallest absolute Gasteiger partial charge is 0.236 e. The van der Waals surface area contributed by atoms with E-state index >= 15 is 0 Å². The molecule has 0 amide bonds. The number of halogens is 1. The molecule has 0 fully saturated rings. The van der Waals surface area contributed by atoms with Gasteiger partial charge in [-0.2, -0.15) is 0 Å². The third-order valence-corrected chi connectivity index (χ3v) is 4.24. The Kier molecular flexibility index (Phi) is 5.33. The fourth-order valence-corrected chi connectivity index (χ4v) is 2.82. The van der Waals surface area contributed by atoms with Crippen LogP contribution in [0.25, 0.3) is 0 Å². The third kappa shape index (κ3) is 5.07. The summed E-state index contributed by atoms with van der Waals surface area (Å²) in [6, 6.07) is 11.7. The van der Waals surface area contributed by atoms with Crippen LogP contribution in [0.15, 0.2) is 48.5 Å². The third-order valence-electron chi connectivity index (χ3n) is 3.01.